The zero-order chi connectivity index (χ0) is 13.4. The van der Waals surface area contributed by atoms with Crippen molar-refractivity contribution in [1.82, 2.24) is 0 Å². The molecule has 0 atom stereocenters. The number of hydrogen-bond acceptors (Lipinski definition) is 5. The molecule has 2 saturated carbocycles. The maximum Gasteiger partial charge on any atom is 0.350 e. The lowest BCUT2D eigenvalue weighted by atomic mass is 10.1. The molecule has 2 fully saturated rings. The highest BCUT2D eigenvalue weighted by molar-refractivity contribution is 7.18. The first-order valence-corrected chi connectivity index (χ1v) is 7.79. The molecule has 0 bridgehead atoms. The van der Waals surface area contributed by atoms with Crippen LogP contribution in [0.25, 0.3) is 0 Å². The number of nitrogens with one attached hydrogen (secondary N) is 1. The molecule has 0 saturated heterocycles. The molecule has 0 aliphatic heterocycles. The van der Waals surface area contributed by atoms with E-state index in [0.717, 1.165) is 10.6 Å². The van der Waals surface area contributed by atoms with Crippen molar-refractivity contribution in [1.29, 1.82) is 0 Å². The van der Waals surface area contributed by atoms with Crippen molar-refractivity contribution < 1.29 is 9.53 Å². The Bertz CT molecular complexity index is 488. The van der Waals surface area contributed by atoms with Gasteiger partial charge in [-0.2, -0.15) is 0 Å². The minimum absolute atomic E-state index is 0.316. The van der Waals surface area contributed by atoms with Crippen LogP contribution in [0.1, 0.15) is 59.7 Å². The molecule has 2 aliphatic carbocycles. The van der Waals surface area contributed by atoms with Gasteiger partial charge in [-0.05, 0) is 31.6 Å². The standard InChI is InChI=1S/C14H20N2O2S/c1-18-14(17)12-11(15)10(8-6-7-8)13(19-12)16-9-4-2-3-5-9/h8-9,16H,2-7,15H2,1H3. The van der Waals surface area contributed by atoms with E-state index in [1.54, 1.807) is 0 Å². The highest BCUT2D eigenvalue weighted by Gasteiger charge is 2.34. The molecule has 0 amide bonds. The smallest absolute Gasteiger partial charge is 0.350 e. The molecular formula is C14H20N2O2S. The fourth-order valence-electron chi connectivity index (χ4n) is 2.84. The summed E-state index contributed by atoms with van der Waals surface area (Å²) in [6.45, 7) is 0. The molecule has 0 aromatic carbocycles. The summed E-state index contributed by atoms with van der Waals surface area (Å²) in [6.07, 6.45) is 7.38. The second kappa shape index (κ2) is 5.04. The number of hydrogen-bond donors (Lipinski definition) is 2. The van der Waals surface area contributed by atoms with Crippen LogP contribution in [0.3, 0.4) is 0 Å². The number of carbonyl (C=O) groups is 1. The molecule has 1 aromatic heterocycles. The summed E-state index contributed by atoms with van der Waals surface area (Å²) in [5.41, 5.74) is 7.97. The number of ether oxygens (including phenoxy) is 1. The van der Waals surface area contributed by atoms with Crippen LogP contribution in [0.5, 0.6) is 0 Å². The molecule has 0 unspecified atom stereocenters. The van der Waals surface area contributed by atoms with Crippen molar-refractivity contribution in [3.63, 3.8) is 0 Å². The summed E-state index contributed by atoms with van der Waals surface area (Å²) in [5, 5.41) is 4.71. The lowest BCUT2D eigenvalue weighted by Gasteiger charge is -2.13. The van der Waals surface area contributed by atoms with E-state index in [-0.39, 0.29) is 5.97 Å². The second-order valence-corrected chi connectivity index (χ2v) is 6.50. The SMILES string of the molecule is COC(=O)c1sc(NC2CCCC2)c(C2CC2)c1N. The van der Waals surface area contributed by atoms with Gasteiger partial charge in [-0.15, -0.1) is 11.3 Å². The van der Waals surface area contributed by atoms with Gasteiger partial charge in [-0.3, -0.25) is 0 Å². The molecule has 3 N–H and O–H groups in total. The van der Waals surface area contributed by atoms with Crippen LogP contribution in [0, 0.1) is 0 Å². The van der Waals surface area contributed by atoms with Crippen LogP contribution >= 0.6 is 11.3 Å². The Hall–Kier alpha value is -1.23. The van der Waals surface area contributed by atoms with Gasteiger partial charge in [0.15, 0.2) is 0 Å². The molecule has 0 radical (unpaired) electrons. The Morgan fingerprint density at radius 3 is 2.58 bits per heavy atom. The quantitative estimate of drug-likeness (QED) is 0.830. The Labute approximate surface area is 117 Å². The Morgan fingerprint density at radius 2 is 2.00 bits per heavy atom. The van der Waals surface area contributed by atoms with Gasteiger partial charge < -0.3 is 15.8 Å². The first kappa shape index (κ1) is 12.8. The zero-order valence-corrected chi connectivity index (χ0v) is 12.0. The number of nitrogen functional groups attached to an aromatic ring is 1. The van der Waals surface area contributed by atoms with E-state index in [1.165, 1.54) is 57.0 Å². The highest BCUT2D eigenvalue weighted by Crippen LogP contribution is 2.51. The van der Waals surface area contributed by atoms with Crippen LogP contribution in [0.4, 0.5) is 10.7 Å². The fraction of sp³-hybridized carbons (Fsp3) is 0.643. The summed E-state index contributed by atoms with van der Waals surface area (Å²) in [4.78, 5) is 12.3. The number of rotatable bonds is 4. The lowest BCUT2D eigenvalue weighted by molar-refractivity contribution is 0.0607. The van der Waals surface area contributed by atoms with Gasteiger partial charge in [0.25, 0.3) is 0 Å². The Morgan fingerprint density at radius 1 is 1.32 bits per heavy atom. The van der Waals surface area contributed by atoms with Gasteiger partial charge in [0, 0.05) is 11.6 Å². The largest absolute Gasteiger partial charge is 0.465 e. The molecule has 4 nitrogen and oxygen atoms in total. The summed E-state index contributed by atoms with van der Waals surface area (Å²) in [6, 6.07) is 0.543. The molecule has 104 valence electrons. The van der Waals surface area contributed by atoms with Gasteiger partial charge in [0.05, 0.1) is 17.8 Å². The van der Waals surface area contributed by atoms with Crippen LogP contribution < -0.4 is 11.1 Å². The van der Waals surface area contributed by atoms with Crippen molar-refractivity contribution in [2.24, 2.45) is 0 Å². The van der Waals surface area contributed by atoms with Crippen molar-refractivity contribution in [3.05, 3.63) is 10.4 Å². The average Bonchev–Trinajstić information content (AvgIpc) is 3.00. The monoisotopic (exact) mass is 280 g/mol. The summed E-state index contributed by atoms with van der Waals surface area (Å²) >= 11 is 1.46. The minimum Gasteiger partial charge on any atom is -0.465 e. The minimum atomic E-state index is -0.316. The van der Waals surface area contributed by atoms with Gasteiger partial charge in [-0.1, -0.05) is 12.8 Å². The average molecular weight is 280 g/mol. The first-order chi connectivity index (χ1) is 9.20. The number of methoxy groups -OCH3 is 1. The van der Waals surface area contributed by atoms with Crippen molar-refractivity contribution in [2.75, 3.05) is 18.2 Å². The molecule has 1 aromatic rings. The number of carbonyl (C=O) groups excluding carboxylic acids is 1. The molecule has 1 heterocycles. The van der Waals surface area contributed by atoms with Crippen LogP contribution in [0.15, 0.2) is 0 Å². The molecule has 19 heavy (non-hydrogen) atoms. The number of esters is 1. The normalized spacial score (nSPS) is 19.6. The first-order valence-electron chi connectivity index (χ1n) is 6.97. The molecule has 0 spiro atoms. The van der Waals surface area contributed by atoms with Crippen molar-refractivity contribution >= 4 is 28.0 Å². The van der Waals surface area contributed by atoms with Crippen molar-refractivity contribution in [2.45, 2.75) is 50.5 Å². The number of anilines is 2. The van der Waals surface area contributed by atoms with E-state index in [4.69, 9.17) is 10.5 Å². The second-order valence-electron chi connectivity index (χ2n) is 5.48. The van der Waals surface area contributed by atoms with E-state index in [9.17, 15) is 4.79 Å². The topological polar surface area (TPSA) is 64.3 Å². The predicted molar refractivity (Wildman–Crippen MR) is 77.9 cm³/mol. The van der Waals surface area contributed by atoms with E-state index >= 15 is 0 Å². The van der Waals surface area contributed by atoms with Crippen LogP contribution in [-0.4, -0.2) is 19.1 Å². The fourth-order valence-corrected chi connectivity index (χ4v) is 4.04. The zero-order valence-electron chi connectivity index (χ0n) is 11.2. The molecule has 2 aliphatic rings. The van der Waals surface area contributed by atoms with E-state index in [1.807, 2.05) is 0 Å². The predicted octanol–water partition coefficient (Wildman–Crippen LogP) is 3.35. The number of thiophene rings is 1. The Balaban J connectivity index is 1.90. The highest BCUT2D eigenvalue weighted by atomic mass is 32.1. The van der Waals surface area contributed by atoms with Gasteiger partial charge in [-0.25, -0.2) is 4.79 Å². The van der Waals surface area contributed by atoms with E-state index in [2.05, 4.69) is 5.32 Å². The van der Waals surface area contributed by atoms with Crippen LogP contribution in [0.2, 0.25) is 0 Å². The van der Waals surface area contributed by atoms with E-state index < -0.39 is 0 Å². The van der Waals surface area contributed by atoms with Crippen molar-refractivity contribution in [3.8, 4) is 0 Å². The third-order valence-electron chi connectivity index (χ3n) is 4.03. The van der Waals surface area contributed by atoms with Gasteiger partial charge >= 0.3 is 5.97 Å². The van der Waals surface area contributed by atoms with E-state index in [0.29, 0.717) is 22.5 Å². The lowest BCUT2D eigenvalue weighted by Crippen LogP contribution is -2.14. The summed E-state index contributed by atoms with van der Waals surface area (Å²) in [7, 11) is 1.41. The maximum absolute atomic E-state index is 11.8. The molecule has 3 rings (SSSR count). The summed E-state index contributed by atoms with van der Waals surface area (Å²) in [5.74, 6) is 0.224. The van der Waals surface area contributed by atoms with Gasteiger partial charge in [0.1, 0.15) is 4.88 Å². The Kier molecular flexibility index (Phi) is 3.39. The summed E-state index contributed by atoms with van der Waals surface area (Å²) < 4.78 is 4.82. The maximum atomic E-state index is 11.8. The third-order valence-corrected chi connectivity index (χ3v) is 5.16. The number of nitrogens with two attached hydrogens (primary N) is 1. The van der Waals surface area contributed by atoms with Crippen LogP contribution in [-0.2, 0) is 4.74 Å². The molecular weight excluding hydrogens is 260 g/mol. The molecule has 5 heteroatoms. The van der Waals surface area contributed by atoms with Gasteiger partial charge in [0.2, 0.25) is 0 Å². The third kappa shape index (κ3) is 2.43.